The highest BCUT2D eigenvalue weighted by atomic mass is 16.9. The standard InChI is InChI=1S/C59H56O18/c1-57(2)73-47-43(70-56-50(49(47)74-57)75-58(3,4)77-56)35-67-59(44-31-20-32-65-44)33-41(68-52(61)37-23-12-6-13-24-37)45(71-54(63)39-27-16-8-17-28-39)48(76-59)46(72-55(64)40-29-18-9-19-30-40)42(69-53(62)38-25-14-7-15-26-38)34-66-51(60)36-21-10-5-11-22-36/h5-32,41-43,45-50,56H,33-35H2,1-4H3/t41-,42+,43+,45-,46+,47-,48+,49-,50+,56+,59-/m0/s1. The van der Waals surface area contributed by atoms with E-state index >= 15 is 0 Å². The van der Waals surface area contributed by atoms with Crippen LogP contribution in [0.25, 0.3) is 0 Å². The van der Waals surface area contributed by atoms with Crippen LogP contribution in [0.4, 0.5) is 0 Å². The average molecular weight is 1050 g/mol. The van der Waals surface area contributed by atoms with Crippen molar-refractivity contribution >= 4 is 29.8 Å². The van der Waals surface area contributed by atoms with Crippen LogP contribution in [0.15, 0.2) is 174 Å². The molecule has 6 aromatic rings. The molecule has 400 valence electrons. The zero-order valence-corrected chi connectivity index (χ0v) is 42.4. The molecule has 0 saturated carbocycles. The SMILES string of the molecule is CC1(C)O[C@H]2[C@@H](O1)[C@@H](CO[C@@]1(c3ccco3)C[C@H](OC(=O)c3ccccc3)[C@H](OC(=O)c3ccccc3)[C@H]([C@H](OC(=O)c3ccccc3)[C@@H](COC(=O)c3ccccc3)OC(=O)c3ccccc3)O1)O[C@@H]1OC(C)(C)O[C@@H]12. The minimum absolute atomic E-state index is 0.00769. The highest BCUT2D eigenvalue weighted by molar-refractivity contribution is 5.92. The lowest BCUT2D eigenvalue weighted by atomic mass is 9.88. The van der Waals surface area contributed by atoms with E-state index in [1.165, 1.54) is 66.9 Å². The van der Waals surface area contributed by atoms with Crippen molar-refractivity contribution in [3.05, 3.63) is 204 Å². The molecule has 0 spiro atoms. The van der Waals surface area contributed by atoms with Crippen LogP contribution in [0.5, 0.6) is 0 Å². The molecule has 0 aliphatic carbocycles. The number of ether oxygens (including phenoxy) is 12. The van der Waals surface area contributed by atoms with Crippen LogP contribution >= 0.6 is 0 Å². The van der Waals surface area contributed by atoms with Gasteiger partial charge >= 0.3 is 29.8 Å². The van der Waals surface area contributed by atoms with Gasteiger partial charge in [-0.2, -0.15) is 0 Å². The van der Waals surface area contributed by atoms with Crippen molar-refractivity contribution in [3.8, 4) is 0 Å². The number of hydrogen-bond donors (Lipinski definition) is 0. The third-order valence-corrected chi connectivity index (χ3v) is 13.2. The number of carbonyl (C=O) groups is 5. The monoisotopic (exact) mass is 1050 g/mol. The van der Waals surface area contributed by atoms with E-state index in [1.54, 1.807) is 131 Å². The van der Waals surface area contributed by atoms with Crippen molar-refractivity contribution in [2.75, 3.05) is 13.2 Å². The Bertz CT molecular complexity index is 2970. The molecule has 0 bridgehead atoms. The van der Waals surface area contributed by atoms with Gasteiger partial charge in [0, 0.05) is 0 Å². The molecule has 18 nitrogen and oxygen atoms in total. The van der Waals surface area contributed by atoms with Gasteiger partial charge in [-0.3, -0.25) is 0 Å². The Kier molecular flexibility index (Phi) is 15.5. The average Bonchev–Trinajstić information content (AvgIpc) is 4.26. The van der Waals surface area contributed by atoms with Crippen LogP contribution in [0.1, 0.15) is 91.7 Å². The Labute approximate surface area is 443 Å². The molecule has 5 heterocycles. The van der Waals surface area contributed by atoms with Gasteiger partial charge in [0.05, 0.1) is 47.1 Å². The quantitative estimate of drug-likeness (QED) is 0.0620. The molecule has 4 saturated heterocycles. The fourth-order valence-corrected chi connectivity index (χ4v) is 9.75. The van der Waals surface area contributed by atoms with E-state index in [2.05, 4.69) is 0 Å². The van der Waals surface area contributed by atoms with Crippen LogP contribution in [0.3, 0.4) is 0 Å². The van der Waals surface area contributed by atoms with Gasteiger partial charge in [-0.1, -0.05) is 91.0 Å². The normalized spacial score (nSPS) is 26.6. The summed E-state index contributed by atoms with van der Waals surface area (Å²) in [7, 11) is 0. The topological polar surface area (TPSA) is 209 Å². The summed E-state index contributed by atoms with van der Waals surface area (Å²) in [5.74, 6) is -8.79. The molecule has 4 fully saturated rings. The number of furan rings is 1. The second kappa shape index (κ2) is 22.6. The molecular formula is C59H56O18. The van der Waals surface area contributed by atoms with E-state index in [4.69, 9.17) is 61.3 Å². The molecule has 18 heteroatoms. The highest BCUT2D eigenvalue weighted by Crippen LogP contribution is 2.48. The largest absolute Gasteiger partial charge is 0.464 e. The molecule has 5 aromatic carbocycles. The zero-order chi connectivity index (χ0) is 53.7. The second-order valence-electron chi connectivity index (χ2n) is 19.6. The van der Waals surface area contributed by atoms with E-state index < -0.39 is 121 Å². The molecule has 4 aliphatic rings. The molecule has 0 radical (unpaired) electrons. The van der Waals surface area contributed by atoms with Crippen molar-refractivity contribution in [1.29, 1.82) is 0 Å². The number of rotatable bonds is 17. The van der Waals surface area contributed by atoms with Gasteiger partial charge in [-0.25, -0.2) is 24.0 Å². The van der Waals surface area contributed by atoms with Crippen LogP contribution < -0.4 is 0 Å². The number of hydrogen-bond acceptors (Lipinski definition) is 18. The van der Waals surface area contributed by atoms with Crippen LogP contribution in [-0.4, -0.2) is 116 Å². The van der Waals surface area contributed by atoms with Gasteiger partial charge in [-0.15, -0.1) is 0 Å². The lowest BCUT2D eigenvalue weighted by molar-refractivity contribution is -0.359. The van der Waals surface area contributed by atoms with Gasteiger partial charge in [0.25, 0.3) is 0 Å². The van der Waals surface area contributed by atoms with Gasteiger partial charge in [0.15, 0.2) is 41.9 Å². The first-order valence-electron chi connectivity index (χ1n) is 25.1. The molecule has 0 N–H and O–H groups in total. The van der Waals surface area contributed by atoms with E-state index in [0.717, 1.165) is 0 Å². The summed E-state index contributed by atoms with van der Waals surface area (Å²) < 4.78 is 83.8. The fourth-order valence-electron chi connectivity index (χ4n) is 9.75. The maximum atomic E-state index is 14.7. The van der Waals surface area contributed by atoms with Crippen LogP contribution in [0.2, 0.25) is 0 Å². The summed E-state index contributed by atoms with van der Waals surface area (Å²) >= 11 is 0. The molecule has 1 aromatic heterocycles. The van der Waals surface area contributed by atoms with Crippen molar-refractivity contribution in [1.82, 2.24) is 0 Å². The van der Waals surface area contributed by atoms with Gasteiger partial charge in [-0.05, 0) is 100 Å². The van der Waals surface area contributed by atoms with E-state index in [1.807, 2.05) is 0 Å². The minimum atomic E-state index is -2.19. The Morgan fingerprint density at radius 2 is 1.00 bits per heavy atom. The first-order valence-corrected chi connectivity index (χ1v) is 25.1. The summed E-state index contributed by atoms with van der Waals surface area (Å²) in [6.45, 7) is 5.90. The van der Waals surface area contributed by atoms with E-state index in [0.29, 0.717) is 0 Å². The summed E-state index contributed by atoms with van der Waals surface area (Å²) in [6, 6.07) is 43.1. The molecule has 77 heavy (non-hydrogen) atoms. The predicted octanol–water partition coefficient (Wildman–Crippen LogP) is 8.39. The lowest BCUT2D eigenvalue weighted by Gasteiger charge is -2.49. The Morgan fingerprint density at radius 3 is 1.55 bits per heavy atom. The Hall–Kier alpha value is -7.55. The zero-order valence-electron chi connectivity index (χ0n) is 42.4. The molecule has 4 aliphatic heterocycles. The minimum Gasteiger partial charge on any atom is -0.464 e. The van der Waals surface area contributed by atoms with Crippen molar-refractivity contribution in [2.24, 2.45) is 0 Å². The number of benzene rings is 5. The Balaban J connectivity index is 1.12. The Morgan fingerprint density at radius 1 is 0.519 bits per heavy atom. The third-order valence-electron chi connectivity index (χ3n) is 13.2. The highest BCUT2D eigenvalue weighted by Gasteiger charge is 2.63. The van der Waals surface area contributed by atoms with Crippen molar-refractivity contribution in [2.45, 2.75) is 113 Å². The van der Waals surface area contributed by atoms with Crippen molar-refractivity contribution in [3.63, 3.8) is 0 Å². The molecule has 0 unspecified atom stereocenters. The molecule has 0 amide bonds. The van der Waals surface area contributed by atoms with Crippen molar-refractivity contribution < 1.29 is 85.2 Å². The van der Waals surface area contributed by atoms with Crippen LogP contribution in [0, 0.1) is 0 Å². The number of esters is 5. The maximum Gasteiger partial charge on any atom is 0.338 e. The molecule has 10 rings (SSSR count). The fraction of sp³-hybridized carbons (Fsp3) is 0.339. The first kappa shape index (κ1) is 52.9. The smallest absolute Gasteiger partial charge is 0.338 e. The van der Waals surface area contributed by atoms with Gasteiger partial charge in [0.2, 0.25) is 5.79 Å². The predicted molar refractivity (Wildman–Crippen MR) is 268 cm³/mol. The third kappa shape index (κ3) is 12.0. The van der Waals surface area contributed by atoms with E-state index in [-0.39, 0.29) is 40.2 Å². The summed E-state index contributed by atoms with van der Waals surface area (Å²) in [5, 5.41) is 0. The summed E-state index contributed by atoms with van der Waals surface area (Å²) in [4.78, 5) is 72.0. The number of carbonyl (C=O) groups excluding carboxylic acids is 5. The first-order chi connectivity index (χ1) is 37.1. The van der Waals surface area contributed by atoms with Gasteiger partial charge < -0.3 is 61.3 Å². The van der Waals surface area contributed by atoms with E-state index in [9.17, 15) is 24.0 Å². The number of fused-ring (bicyclic) bond motifs is 3. The maximum absolute atomic E-state index is 14.7. The summed E-state index contributed by atoms with van der Waals surface area (Å²) in [6.07, 6.45) is -12.0. The molecular weight excluding hydrogens is 997 g/mol. The lowest BCUT2D eigenvalue weighted by Crippen LogP contribution is -2.64. The molecule has 11 atom stereocenters. The van der Waals surface area contributed by atoms with Gasteiger partial charge in [0.1, 0.15) is 43.2 Å². The summed E-state index contributed by atoms with van der Waals surface area (Å²) in [5.41, 5.74) is 0.490. The second-order valence-corrected chi connectivity index (χ2v) is 19.6. The van der Waals surface area contributed by atoms with Crippen LogP contribution in [-0.2, 0) is 62.6 Å².